The van der Waals surface area contributed by atoms with Crippen molar-refractivity contribution in [2.24, 2.45) is 0 Å². The molecule has 0 unspecified atom stereocenters. The van der Waals surface area contributed by atoms with Crippen LogP contribution in [0.1, 0.15) is 10.4 Å². The Hall–Kier alpha value is -0.876. The first-order valence-corrected chi connectivity index (χ1v) is 13.1. The molecule has 98 valence electrons. The van der Waals surface area contributed by atoms with Crippen LogP contribution in [0.4, 0.5) is 0 Å². The van der Waals surface area contributed by atoms with Crippen LogP contribution in [0.3, 0.4) is 0 Å². The van der Waals surface area contributed by atoms with Gasteiger partial charge in [-0.3, -0.25) is 4.79 Å². The first kappa shape index (κ1) is 13.6. The van der Waals surface area contributed by atoms with Crippen molar-refractivity contribution in [2.45, 2.75) is 38.3 Å². The summed E-state index contributed by atoms with van der Waals surface area (Å²) in [7, 11) is -0.903. The second kappa shape index (κ2) is 4.35. The van der Waals surface area contributed by atoms with E-state index in [9.17, 15) is 4.79 Å². The molecule has 2 rings (SSSR count). The van der Waals surface area contributed by atoms with Gasteiger partial charge in [-0.2, -0.15) is 0 Å². The van der Waals surface area contributed by atoms with E-state index < -0.39 is 16.1 Å². The molecule has 4 heteroatoms. The van der Waals surface area contributed by atoms with Crippen LogP contribution in [0, 0.1) is 0 Å². The molecule has 1 aliphatic heterocycles. The lowest BCUT2D eigenvalue weighted by Crippen LogP contribution is -2.63. The van der Waals surface area contributed by atoms with Gasteiger partial charge in [0.15, 0.2) is 0 Å². The van der Waals surface area contributed by atoms with Crippen molar-refractivity contribution in [1.29, 1.82) is 0 Å². The van der Waals surface area contributed by atoms with Crippen LogP contribution >= 0.6 is 0 Å². The molecular weight excluding hydrogens is 254 g/mol. The van der Waals surface area contributed by atoms with Crippen molar-refractivity contribution in [3.05, 3.63) is 23.8 Å². The van der Waals surface area contributed by atoms with Gasteiger partial charge in [0.05, 0.1) is 16.1 Å². The van der Waals surface area contributed by atoms with E-state index in [0.29, 0.717) is 0 Å². The highest BCUT2D eigenvalue weighted by atomic mass is 28.3. The molecule has 18 heavy (non-hydrogen) atoms. The Morgan fingerprint density at radius 1 is 1.06 bits per heavy atom. The van der Waals surface area contributed by atoms with Crippen molar-refractivity contribution in [3.63, 3.8) is 0 Å². The van der Waals surface area contributed by atoms with E-state index in [0.717, 1.165) is 5.56 Å². The number of hydrogen-bond donors (Lipinski definition) is 1. The zero-order chi connectivity index (χ0) is 13.6. The van der Waals surface area contributed by atoms with Gasteiger partial charge in [0.2, 0.25) is 0 Å². The van der Waals surface area contributed by atoms with E-state index >= 15 is 0 Å². The third-order valence-electron chi connectivity index (χ3n) is 4.34. The van der Waals surface area contributed by atoms with Gasteiger partial charge in [-0.15, -0.1) is 0 Å². The molecule has 1 heterocycles. The summed E-state index contributed by atoms with van der Waals surface area (Å²) in [6.07, 6.45) is 0. The van der Waals surface area contributed by atoms with Gasteiger partial charge in [0, 0.05) is 12.6 Å². The highest BCUT2D eigenvalue weighted by Crippen LogP contribution is 2.25. The summed E-state index contributed by atoms with van der Waals surface area (Å²) in [5, 5.41) is 5.85. The van der Waals surface area contributed by atoms with Crippen LogP contribution in [0.5, 0.6) is 0 Å². The molecule has 1 aliphatic rings. The average Bonchev–Trinajstić information content (AvgIpc) is 2.34. The summed E-state index contributed by atoms with van der Waals surface area (Å²) in [6, 6.07) is 9.19. The minimum absolute atomic E-state index is 0.0349. The first-order valence-electron chi connectivity index (χ1n) is 6.65. The molecule has 0 saturated carbocycles. The molecule has 0 saturated heterocycles. The highest BCUT2D eigenvalue weighted by Gasteiger charge is 2.39. The zero-order valence-corrected chi connectivity index (χ0v) is 14.1. The minimum Gasteiger partial charge on any atom is -0.355 e. The maximum absolute atomic E-state index is 11.8. The van der Waals surface area contributed by atoms with E-state index in [1.54, 1.807) is 12.2 Å². The summed E-state index contributed by atoms with van der Waals surface area (Å²) < 4.78 is 0. The van der Waals surface area contributed by atoms with Crippen LogP contribution < -0.4 is 15.7 Å². The van der Waals surface area contributed by atoms with Crippen molar-refractivity contribution in [1.82, 2.24) is 5.32 Å². The molecule has 0 atom stereocenters. The van der Waals surface area contributed by atoms with Crippen molar-refractivity contribution >= 4 is 32.4 Å². The maximum atomic E-state index is 11.8. The normalized spacial score (nSPS) is 20.1. The topological polar surface area (TPSA) is 29.1 Å². The smallest absolute Gasteiger partial charge is 0.251 e. The Kier molecular flexibility index (Phi) is 3.27. The molecule has 1 amide bonds. The van der Waals surface area contributed by atoms with Gasteiger partial charge in [-0.25, -0.2) is 0 Å². The van der Waals surface area contributed by atoms with E-state index in [2.05, 4.69) is 43.6 Å². The fourth-order valence-corrected chi connectivity index (χ4v) is 13.1. The van der Waals surface area contributed by atoms with Gasteiger partial charge in [-0.1, -0.05) is 60.8 Å². The fourth-order valence-electron chi connectivity index (χ4n) is 2.87. The molecule has 1 aromatic carbocycles. The standard InChI is InChI=1S/C14H23NOSi2/c1-15-14(16)11-6-7-12-13(10-11)18(4,5)9-8-17(12,2)3/h6-7,10H,8-9H2,1-5H3,(H,15,16). The summed E-state index contributed by atoms with van der Waals surface area (Å²) in [4.78, 5) is 11.8. The maximum Gasteiger partial charge on any atom is 0.251 e. The molecule has 0 aromatic heterocycles. The summed E-state index contributed by atoms with van der Waals surface area (Å²) in [5.41, 5.74) is 0.823. The molecule has 1 aromatic rings. The lowest BCUT2D eigenvalue weighted by Gasteiger charge is -2.39. The molecule has 0 bridgehead atoms. The van der Waals surface area contributed by atoms with Crippen molar-refractivity contribution in [3.8, 4) is 0 Å². The van der Waals surface area contributed by atoms with Gasteiger partial charge in [0.1, 0.15) is 0 Å². The number of carbonyl (C=O) groups excluding carboxylic acids is 1. The largest absolute Gasteiger partial charge is 0.355 e. The van der Waals surface area contributed by atoms with Gasteiger partial charge in [-0.05, 0) is 6.07 Å². The Bertz CT molecular complexity index is 495. The molecular formula is C14H23NOSi2. The van der Waals surface area contributed by atoms with E-state index in [1.807, 2.05) is 6.07 Å². The number of fused-ring (bicyclic) bond motifs is 1. The highest BCUT2D eigenvalue weighted by molar-refractivity contribution is 7.03. The number of rotatable bonds is 1. The quantitative estimate of drug-likeness (QED) is 0.781. The third-order valence-corrected chi connectivity index (χ3v) is 11.9. The number of hydrogen-bond acceptors (Lipinski definition) is 1. The summed E-state index contributed by atoms with van der Waals surface area (Å²) in [6.45, 7) is 9.77. The van der Waals surface area contributed by atoms with Crippen molar-refractivity contribution in [2.75, 3.05) is 7.05 Å². The minimum atomic E-state index is -1.34. The molecule has 2 nitrogen and oxygen atoms in total. The van der Waals surface area contributed by atoms with E-state index in [1.165, 1.54) is 17.3 Å². The molecule has 0 aliphatic carbocycles. The number of carbonyl (C=O) groups is 1. The van der Waals surface area contributed by atoms with Crippen LogP contribution in [0.25, 0.3) is 0 Å². The van der Waals surface area contributed by atoms with E-state index in [4.69, 9.17) is 0 Å². The van der Waals surface area contributed by atoms with Crippen LogP contribution in [0.2, 0.25) is 38.3 Å². The predicted molar refractivity (Wildman–Crippen MR) is 83.7 cm³/mol. The molecule has 0 radical (unpaired) electrons. The lowest BCUT2D eigenvalue weighted by atomic mass is 10.2. The number of amides is 1. The van der Waals surface area contributed by atoms with Gasteiger partial charge in [0.25, 0.3) is 5.91 Å². The zero-order valence-electron chi connectivity index (χ0n) is 12.1. The second-order valence-corrected chi connectivity index (χ2v) is 16.2. The summed E-state index contributed by atoms with van der Waals surface area (Å²) in [5.74, 6) is 0.0349. The molecule has 0 spiro atoms. The molecule has 1 N–H and O–H groups in total. The van der Waals surface area contributed by atoms with Gasteiger partial charge >= 0.3 is 0 Å². The van der Waals surface area contributed by atoms with Crippen LogP contribution in [0.15, 0.2) is 18.2 Å². The SMILES string of the molecule is CNC(=O)c1ccc2c(c1)[Si](C)(C)CC[Si]2(C)C. The third kappa shape index (κ3) is 2.19. The van der Waals surface area contributed by atoms with Crippen LogP contribution in [-0.4, -0.2) is 29.1 Å². The summed E-state index contributed by atoms with van der Waals surface area (Å²) >= 11 is 0. The van der Waals surface area contributed by atoms with Gasteiger partial charge < -0.3 is 5.32 Å². The fraction of sp³-hybridized carbons (Fsp3) is 0.500. The monoisotopic (exact) mass is 277 g/mol. The molecule has 0 fully saturated rings. The first-order chi connectivity index (χ1) is 8.28. The predicted octanol–water partition coefficient (Wildman–Crippen LogP) is 1.89. The number of benzene rings is 1. The lowest BCUT2D eigenvalue weighted by molar-refractivity contribution is 0.0963. The van der Waals surface area contributed by atoms with E-state index in [-0.39, 0.29) is 5.91 Å². The van der Waals surface area contributed by atoms with Crippen molar-refractivity contribution < 1.29 is 4.79 Å². The number of nitrogens with one attached hydrogen (secondary N) is 1. The second-order valence-electron chi connectivity index (χ2n) is 6.61. The Morgan fingerprint density at radius 2 is 1.61 bits per heavy atom. The van der Waals surface area contributed by atoms with Crippen LogP contribution in [-0.2, 0) is 0 Å². The Morgan fingerprint density at radius 3 is 2.17 bits per heavy atom. The Balaban J connectivity index is 2.58. The average molecular weight is 278 g/mol. The Labute approximate surface area is 112 Å².